The van der Waals surface area contributed by atoms with E-state index in [1.807, 2.05) is 0 Å². The van der Waals surface area contributed by atoms with Crippen LogP contribution in [0.5, 0.6) is 0 Å². The van der Waals surface area contributed by atoms with Gasteiger partial charge in [-0.1, -0.05) is 11.6 Å². The Labute approximate surface area is 105 Å². The molecule has 0 radical (unpaired) electrons. The Kier molecular flexibility index (Phi) is 3.53. The van der Waals surface area contributed by atoms with Crippen LogP contribution in [0.4, 0.5) is 5.69 Å². The van der Waals surface area contributed by atoms with Crippen LogP contribution in [-0.4, -0.2) is 30.1 Å². The molecule has 1 aromatic rings. The molecule has 0 amide bonds. The predicted octanol–water partition coefficient (Wildman–Crippen LogP) is 1.08. The molecular formula is C10H14ClN3O2S. The molecule has 0 aliphatic carbocycles. The number of nitrogens with zero attached hydrogens (tertiary/aromatic N) is 2. The summed E-state index contributed by atoms with van der Waals surface area (Å²) in [6.07, 6.45) is 2.22. The zero-order valence-electron chi connectivity index (χ0n) is 9.26. The number of nitrogens with two attached hydrogens (primary N) is 1. The summed E-state index contributed by atoms with van der Waals surface area (Å²) in [5, 5.41) is 7.83. The second kappa shape index (κ2) is 4.78. The van der Waals surface area contributed by atoms with Crippen molar-refractivity contribution < 1.29 is 8.42 Å². The van der Waals surface area contributed by atoms with Crippen molar-refractivity contribution in [1.82, 2.24) is 10.2 Å². The van der Waals surface area contributed by atoms with Crippen LogP contribution in [0.2, 0.25) is 5.15 Å². The molecule has 1 saturated heterocycles. The van der Waals surface area contributed by atoms with E-state index in [2.05, 4.69) is 10.2 Å². The monoisotopic (exact) mass is 275 g/mol. The van der Waals surface area contributed by atoms with Crippen molar-refractivity contribution in [2.45, 2.75) is 19.3 Å². The molecule has 1 aliphatic rings. The van der Waals surface area contributed by atoms with Crippen LogP contribution in [0.15, 0.2) is 6.07 Å². The third kappa shape index (κ3) is 3.29. The fourth-order valence-corrected chi connectivity index (χ4v) is 3.98. The van der Waals surface area contributed by atoms with Gasteiger partial charge in [0.15, 0.2) is 15.0 Å². The van der Waals surface area contributed by atoms with Gasteiger partial charge in [-0.2, -0.15) is 5.10 Å². The van der Waals surface area contributed by atoms with Gasteiger partial charge in [-0.05, 0) is 31.2 Å². The van der Waals surface area contributed by atoms with E-state index in [9.17, 15) is 8.42 Å². The number of rotatable bonds is 2. The minimum absolute atomic E-state index is 0.114. The van der Waals surface area contributed by atoms with Crippen molar-refractivity contribution in [2.24, 2.45) is 5.92 Å². The smallest absolute Gasteiger partial charge is 0.174 e. The van der Waals surface area contributed by atoms with E-state index in [4.69, 9.17) is 17.3 Å². The first-order valence-electron chi connectivity index (χ1n) is 5.44. The van der Waals surface area contributed by atoms with Crippen LogP contribution >= 0.6 is 11.6 Å². The summed E-state index contributed by atoms with van der Waals surface area (Å²) in [7, 11) is -2.88. The molecular weight excluding hydrogens is 262 g/mol. The van der Waals surface area contributed by atoms with Crippen LogP contribution in [0.1, 0.15) is 18.5 Å². The summed E-state index contributed by atoms with van der Waals surface area (Å²) >= 11 is 5.67. The maximum atomic E-state index is 11.5. The van der Waals surface area contributed by atoms with Crippen LogP contribution in [-0.2, 0) is 16.3 Å². The molecule has 7 heteroatoms. The van der Waals surface area contributed by atoms with E-state index in [0.29, 0.717) is 23.6 Å². The van der Waals surface area contributed by atoms with Crippen molar-refractivity contribution in [3.8, 4) is 0 Å². The molecule has 1 aliphatic heterocycles. The average molecular weight is 276 g/mol. The zero-order chi connectivity index (χ0) is 12.5. The highest BCUT2D eigenvalue weighted by Gasteiger charge is 2.25. The molecule has 2 N–H and O–H groups in total. The summed E-state index contributed by atoms with van der Waals surface area (Å²) in [6.45, 7) is 0. The number of halogens is 1. The third-order valence-corrected chi connectivity index (χ3v) is 5.07. The lowest BCUT2D eigenvalue weighted by molar-refractivity contribution is 0.478. The summed E-state index contributed by atoms with van der Waals surface area (Å²) in [4.78, 5) is 0. The van der Waals surface area contributed by atoms with Gasteiger partial charge in [0, 0.05) is 0 Å². The highest BCUT2D eigenvalue weighted by atomic mass is 35.5. The zero-order valence-corrected chi connectivity index (χ0v) is 10.8. The fourth-order valence-electron chi connectivity index (χ4n) is 2.11. The Hall–Kier alpha value is -0.880. The van der Waals surface area contributed by atoms with Crippen molar-refractivity contribution in [3.63, 3.8) is 0 Å². The standard InChI is InChI=1S/C10H14ClN3O2S/c11-10-9(12)5-8(13-14-10)4-7-2-1-3-17(15,16)6-7/h5,7H,1-4,6H2,(H2,12,13). The molecule has 2 heterocycles. The summed E-state index contributed by atoms with van der Waals surface area (Å²) < 4.78 is 23.0. The van der Waals surface area contributed by atoms with E-state index in [1.165, 1.54) is 0 Å². The molecule has 94 valence electrons. The molecule has 1 aromatic heterocycles. The molecule has 17 heavy (non-hydrogen) atoms. The SMILES string of the molecule is Nc1cc(CC2CCCS(=O)(=O)C2)nnc1Cl. The van der Waals surface area contributed by atoms with Gasteiger partial charge in [0.1, 0.15) is 0 Å². The summed E-state index contributed by atoms with van der Waals surface area (Å²) in [6, 6.07) is 1.66. The topological polar surface area (TPSA) is 85.9 Å². The van der Waals surface area contributed by atoms with E-state index < -0.39 is 9.84 Å². The van der Waals surface area contributed by atoms with Gasteiger partial charge >= 0.3 is 0 Å². The van der Waals surface area contributed by atoms with Gasteiger partial charge in [0.05, 0.1) is 22.9 Å². The van der Waals surface area contributed by atoms with Crippen molar-refractivity contribution in [1.29, 1.82) is 0 Å². The quantitative estimate of drug-likeness (QED) is 0.873. The molecule has 1 unspecified atom stereocenters. The van der Waals surface area contributed by atoms with Gasteiger partial charge in [-0.25, -0.2) is 8.42 Å². The Morgan fingerprint density at radius 2 is 2.24 bits per heavy atom. The lowest BCUT2D eigenvalue weighted by Crippen LogP contribution is -2.26. The minimum Gasteiger partial charge on any atom is -0.396 e. The second-order valence-electron chi connectivity index (χ2n) is 4.41. The third-order valence-electron chi connectivity index (χ3n) is 2.88. The van der Waals surface area contributed by atoms with Gasteiger partial charge in [0.25, 0.3) is 0 Å². The molecule has 1 fully saturated rings. The molecule has 1 atom stereocenters. The van der Waals surface area contributed by atoms with E-state index in [1.54, 1.807) is 6.07 Å². The highest BCUT2D eigenvalue weighted by molar-refractivity contribution is 7.91. The fraction of sp³-hybridized carbons (Fsp3) is 0.600. The van der Waals surface area contributed by atoms with Crippen LogP contribution < -0.4 is 5.73 Å². The maximum absolute atomic E-state index is 11.5. The first kappa shape index (κ1) is 12.6. The maximum Gasteiger partial charge on any atom is 0.174 e. The van der Waals surface area contributed by atoms with Crippen LogP contribution in [0.3, 0.4) is 0 Å². The van der Waals surface area contributed by atoms with E-state index >= 15 is 0 Å². The van der Waals surface area contributed by atoms with Gasteiger partial charge < -0.3 is 5.73 Å². The molecule has 0 spiro atoms. The Bertz CT molecular complexity index is 518. The number of hydrogen-bond donors (Lipinski definition) is 1. The van der Waals surface area contributed by atoms with Crippen LogP contribution in [0, 0.1) is 5.92 Å². The second-order valence-corrected chi connectivity index (χ2v) is 7.00. The van der Waals surface area contributed by atoms with Gasteiger partial charge in [-0.15, -0.1) is 5.10 Å². The van der Waals surface area contributed by atoms with Crippen molar-refractivity contribution in [3.05, 3.63) is 16.9 Å². The first-order chi connectivity index (χ1) is 7.96. The lowest BCUT2D eigenvalue weighted by atomic mass is 9.99. The van der Waals surface area contributed by atoms with Crippen molar-refractivity contribution in [2.75, 3.05) is 17.2 Å². The molecule has 5 nitrogen and oxygen atoms in total. The van der Waals surface area contributed by atoms with Crippen LogP contribution in [0.25, 0.3) is 0 Å². The number of anilines is 1. The number of aromatic nitrogens is 2. The molecule has 2 rings (SSSR count). The predicted molar refractivity (Wildman–Crippen MR) is 66.5 cm³/mol. The number of hydrogen-bond acceptors (Lipinski definition) is 5. The summed E-state index contributed by atoms with van der Waals surface area (Å²) in [5.74, 6) is 0.651. The van der Waals surface area contributed by atoms with E-state index in [-0.39, 0.29) is 16.8 Å². The summed E-state index contributed by atoms with van der Waals surface area (Å²) in [5.41, 5.74) is 6.71. The highest BCUT2D eigenvalue weighted by Crippen LogP contribution is 2.23. The van der Waals surface area contributed by atoms with E-state index in [0.717, 1.165) is 12.8 Å². The largest absolute Gasteiger partial charge is 0.396 e. The molecule has 0 bridgehead atoms. The molecule has 0 aromatic carbocycles. The first-order valence-corrected chi connectivity index (χ1v) is 7.64. The molecule has 0 saturated carbocycles. The van der Waals surface area contributed by atoms with Crippen molar-refractivity contribution >= 4 is 27.1 Å². The van der Waals surface area contributed by atoms with Gasteiger partial charge in [0.2, 0.25) is 0 Å². The number of nitrogen functional groups attached to an aromatic ring is 1. The average Bonchev–Trinajstić information content (AvgIpc) is 2.22. The lowest BCUT2D eigenvalue weighted by Gasteiger charge is -2.21. The van der Waals surface area contributed by atoms with Gasteiger partial charge in [-0.3, -0.25) is 0 Å². The Balaban J connectivity index is 2.08. The Morgan fingerprint density at radius 3 is 2.88 bits per heavy atom. The number of sulfone groups is 1. The normalized spacial score (nSPS) is 23.5. The Morgan fingerprint density at radius 1 is 1.47 bits per heavy atom. The minimum atomic E-state index is -2.88.